The molecule has 0 atom stereocenters. The number of nitrogens with one attached hydrogen (secondary N) is 1. The van der Waals surface area contributed by atoms with Crippen molar-refractivity contribution in [3.8, 4) is 0 Å². The summed E-state index contributed by atoms with van der Waals surface area (Å²) in [6.07, 6.45) is 1.04. The van der Waals surface area contributed by atoms with Crippen LogP contribution in [0.3, 0.4) is 0 Å². The van der Waals surface area contributed by atoms with Gasteiger partial charge >= 0.3 is 0 Å². The largest absolute Gasteiger partial charge is 0.383 e. The van der Waals surface area contributed by atoms with E-state index in [1.54, 1.807) is 13.2 Å². The van der Waals surface area contributed by atoms with Gasteiger partial charge in [-0.05, 0) is 44.8 Å². The van der Waals surface area contributed by atoms with E-state index in [2.05, 4.69) is 33.2 Å². The molecule has 0 aliphatic carbocycles. The topological polar surface area (TPSA) is 24.5 Å². The normalized spacial score (nSPS) is 11.2. The summed E-state index contributed by atoms with van der Waals surface area (Å²) in [7, 11) is 3.79. The fourth-order valence-corrected chi connectivity index (χ4v) is 2.14. The summed E-state index contributed by atoms with van der Waals surface area (Å²) in [6, 6.07) is 5.01. The summed E-state index contributed by atoms with van der Waals surface area (Å²) in [5.74, 6) is -0.159. The second-order valence-corrected chi connectivity index (χ2v) is 5.48. The highest BCUT2D eigenvalue weighted by molar-refractivity contribution is 9.10. The number of benzene rings is 1. The van der Waals surface area contributed by atoms with Crippen LogP contribution >= 0.6 is 15.9 Å². The van der Waals surface area contributed by atoms with Gasteiger partial charge in [0.15, 0.2) is 0 Å². The van der Waals surface area contributed by atoms with E-state index in [9.17, 15) is 4.39 Å². The van der Waals surface area contributed by atoms with Crippen LogP contribution in [0, 0.1) is 5.82 Å². The Labute approximate surface area is 123 Å². The maximum Gasteiger partial charge on any atom is 0.127 e. The monoisotopic (exact) mass is 332 g/mol. The van der Waals surface area contributed by atoms with E-state index in [-0.39, 0.29) is 5.82 Å². The molecule has 0 saturated heterocycles. The van der Waals surface area contributed by atoms with E-state index >= 15 is 0 Å². The predicted octanol–water partition coefficient (Wildman–Crippen LogP) is 2.65. The molecule has 108 valence electrons. The molecular formula is C14H22BrFN2O. The lowest BCUT2D eigenvalue weighted by Gasteiger charge is -2.15. The van der Waals surface area contributed by atoms with Gasteiger partial charge in [0, 0.05) is 30.2 Å². The number of hydrogen-bond donors (Lipinski definition) is 1. The molecule has 1 aromatic rings. The minimum atomic E-state index is -0.159. The zero-order chi connectivity index (χ0) is 14.1. The van der Waals surface area contributed by atoms with Gasteiger partial charge in [-0.25, -0.2) is 4.39 Å². The molecule has 5 heteroatoms. The number of halogens is 2. The number of ether oxygens (including phenoxy) is 1. The summed E-state index contributed by atoms with van der Waals surface area (Å²) in [5.41, 5.74) is 0.696. The van der Waals surface area contributed by atoms with Gasteiger partial charge in [-0.1, -0.05) is 15.9 Å². The summed E-state index contributed by atoms with van der Waals surface area (Å²) in [5, 5.41) is 3.26. The Morgan fingerprint density at radius 1 is 1.37 bits per heavy atom. The number of nitrogens with zero attached hydrogens (tertiary/aromatic N) is 1. The molecule has 0 aliphatic rings. The van der Waals surface area contributed by atoms with Crippen LogP contribution < -0.4 is 5.32 Å². The van der Waals surface area contributed by atoms with Crippen molar-refractivity contribution in [3.05, 3.63) is 34.1 Å². The highest BCUT2D eigenvalue weighted by Gasteiger charge is 2.02. The van der Waals surface area contributed by atoms with Crippen molar-refractivity contribution in [2.24, 2.45) is 0 Å². The molecule has 0 bridgehead atoms. The number of rotatable bonds is 9. The van der Waals surface area contributed by atoms with Gasteiger partial charge in [-0.2, -0.15) is 0 Å². The maximum absolute atomic E-state index is 13.5. The van der Waals surface area contributed by atoms with Gasteiger partial charge < -0.3 is 15.0 Å². The van der Waals surface area contributed by atoms with Crippen molar-refractivity contribution in [2.45, 2.75) is 13.0 Å². The van der Waals surface area contributed by atoms with E-state index in [1.807, 2.05) is 6.07 Å². The number of hydrogen-bond acceptors (Lipinski definition) is 3. The quantitative estimate of drug-likeness (QED) is 0.703. The lowest BCUT2D eigenvalue weighted by molar-refractivity contribution is 0.160. The molecule has 0 radical (unpaired) electrons. The van der Waals surface area contributed by atoms with Crippen molar-refractivity contribution >= 4 is 15.9 Å². The van der Waals surface area contributed by atoms with Crippen LogP contribution in [-0.2, 0) is 11.3 Å². The standard InChI is InChI=1S/C14H22BrFN2O/c1-18(8-9-19-2)7-3-6-17-11-12-10-13(15)4-5-14(12)16/h4-5,10,17H,3,6-9,11H2,1-2H3. The fourth-order valence-electron chi connectivity index (χ4n) is 1.73. The smallest absolute Gasteiger partial charge is 0.127 e. The summed E-state index contributed by atoms with van der Waals surface area (Å²) in [6.45, 7) is 4.15. The molecule has 0 aromatic heterocycles. The highest BCUT2D eigenvalue weighted by Crippen LogP contribution is 2.15. The first-order valence-corrected chi connectivity index (χ1v) is 7.25. The minimum absolute atomic E-state index is 0.159. The van der Waals surface area contributed by atoms with Gasteiger partial charge in [-0.3, -0.25) is 0 Å². The SMILES string of the molecule is COCCN(C)CCCNCc1cc(Br)ccc1F. The summed E-state index contributed by atoms with van der Waals surface area (Å²) in [4.78, 5) is 2.23. The third-order valence-corrected chi connectivity index (χ3v) is 3.39. The highest BCUT2D eigenvalue weighted by atomic mass is 79.9. The Morgan fingerprint density at radius 3 is 2.89 bits per heavy atom. The van der Waals surface area contributed by atoms with Gasteiger partial charge in [-0.15, -0.1) is 0 Å². The lowest BCUT2D eigenvalue weighted by atomic mass is 10.2. The van der Waals surface area contributed by atoms with Crippen molar-refractivity contribution < 1.29 is 9.13 Å². The zero-order valence-corrected chi connectivity index (χ0v) is 13.2. The molecule has 1 N–H and O–H groups in total. The van der Waals surface area contributed by atoms with Crippen LogP contribution in [0.1, 0.15) is 12.0 Å². The molecule has 1 aromatic carbocycles. The van der Waals surface area contributed by atoms with Crippen LogP contribution in [0.25, 0.3) is 0 Å². The van der Waals surface area contributed by atoms with Gasteiger partial charge in [0.1, 0.15) is 5.82 Å². The Bertz CT molecular complexity index is 376. The average molecular weight is 333 g/mol. The molecule has 0 amide bonds. The molecule has 1 rings (SSSR count). The summed E-state index contributed by atoms with van der Waals surface area (Å²) >= 11 is 3.35. The molecule has 0 heterocycles. The second kappa shape index (κ2) is 9.42. The van der Waals surface area contributed by atoms with E-state index in [0.717, 1.165) is 37.1 Å². The van der Waals surface area contributed by atoms with Crippen LogP contribution in [0.15, 0.2) is 22.7 Å². The third kappa shape index (κ3) is 7.01. The first kappa shape index (κ1) is 16.6. The van der Waals surface area contributed by atoms with Crippen molar-refractivity contribution in [1.29, 1.82) is 0 Å². The Morgan fingerprint density at radius 2 is 2.16 bits per heavy atom. The van der Waals surface area contributed by atoms with Crippen molar-refractivity contribution in [1.82, 2.24) is 10.2 Å². The molecule has 0 fully saturated rings. The van der Waals surface area contributed by atoms with Crippen LogP contribution in [-0.4, -0.2) is 45.3 Å². The lowest BCUT2D eigenvalue weighted by Crippen LogP contribution is -2.27. The van der Waals surface area contributed by atoms with Crippen molar-refractivity contribution in [2.75, 3.05) is 40.4 Å². The summed E-state index contributed by atoms with van der Waals surface area (Å²) < 4.78 is 19.4. The van der Waals surface area contributed by atoms with Crippen LogP contribution in [0.2, 0.25) is 0 Å². The molecule has 0 aliphatic heterocycles. The van der Waals surface area contributed by atoms with E-state index in [1.165, 1.54) is 6.07 Å². The molecule has 19 heavy (non-hydrogen) atoms. The third-order valence-electron chi connectivity index (χ3n) is 2.89. The molecular weight excluding hydrogens is 311 g/mol. The minimum Gasteiger partial charge on any atom is -0.383 e. The maximum atomic E-state index is 13.5. The Kier molecular flexibility index (Phi) is 8.21. The Hall–Kier alpha value is -0.490. The van der Waals surface area contributed by atoms with Gasteiger partial charge in [0.25, 0.3) is 0 Å². The second-order valence-electron chi connectivity index (χ2n) is 4.56. The fraction of sp³-hybridized carbons (Fsp3) is 0.571. The Balaban J connectivity index is 2.15. The first-order valence-electron chi connectivity index (χ1n) is 6.45. The van der Waals surface area contributed by atoms with Crippen LogP contribution in [0.4, 0.5) is 4.39 Å². The first-order chi connectivity index (χ1) is 9.13. The predicted molar refractivity (Wildman–Crippen MR) is 79.8 cm³/mol. The van der Waals surface area contributed by atoms with Gasteiger partial charge in [0.05, 0.1) is 6.61 Å². The molecule has 0 unspecified atom stereocenters. The van der Waals surface area contributed by atoms with E-state index < -0.39 is 0 Å². The number of methoxy groups -OCH3 is 1. The van der Waals surface area contributed by atoms with Gasteiger partial charge in [0.2, 0.25) is 0 Å². The van der Waals surface area contributed by atoms with E-state index in [0.29, 0.717) is 12.1 Å². The average Bonchev–Trinajstić information content (AvgIpc) is 2.39. The molecule has 0 saturated carbocycles. The number of likely N-dealkylation sites (N-methyl/N-ethyl adjacent to an activating group) is 1. The molecule has 0 spiro atoms. The zero-order valence-electron chi connectivity index (χ0n) is 11.6. The van der Waals surface area contributed by atoms with Crippen molar-refractivity contribution in [3.63, 3.8) is 0 Å². The van der Waals surface area contributed by atoms with Crippen LogP contribution in [0.5, 0.6) is 0 Å². The van der Waals surface area contributed by atoms with E-state index in [4.69, 9.17) is 4.74 Å². The molecule has 3 nitrogen and oxygen atoms in total.